The largest absolute Gasteiger partial charge is 0.461 e. The van der Waals surface area contributed by atoms with Crippen LogP contribution < -0.4 is 0 Å². The van der Waals surface area contributed by atoms with Gasteiger partial charge in [0, 0.05) is 14.5 Å². The number of rotatable bonds is 2. The summed E-state index contributed by atoms with van der Waals surface area (Å²) < 4.78 is 62.0. The normalized spacial score (nSPS) is 12.6. The van der Waals surface area contributed by atoms with Gasteiger partial charge in [-0.15, -0.1) is 0 Å². The Morgan fingerprint density at radius 3 is 1.94 bits per heavy atom. The molecule has 0 aromatic heterocycles. The van der Waals surface area contributed by atoms with Gasteiger partial charge >= 0.3 is 12.1 Å². The van der Waals surface area contributed by atoms with Gasteiger partial charge in [-0.1, -0.05) is 0 Å². The number of hydrogen-bond donors (Lipinski definition) is 0. The van der Waals surface area contributed by atoms with Crippen LogP contribution in [0.15, 0.2) is 27.1 Å². The summed E-state index contributed by atoms with van der Waals surface area (Å²) >= 11 is 5.91. The fraction of sp³-hybridized carbons (Fsp3) is 0.222. The number of alkyl halides is 5. The van der Waals surface area contributed by atoms with E-state index in [-0.39, 0.29) is 4.47 Å². The third kappa shape index (κ3) is 2.85. The van der Waals surface area contributed by atoms with Crippen LogP contribution in [-0.4, -0.2) is 17.9 Å². The number of carbonyl (C=O) groups excluding carboxylic acids is 1. The van der Waals surface area contributed by atoms with Crippen molar-refractivity contribution in [2.45, 2.75) is 12.1 Å². The molecule has 0 unspecified atom stereocenters. The Bertz CT molecular complexity index is 455. The lowest BCUT2D eigenvalue weighted by Gasteiger charge is -2.18. The van der Waals surface area contributed by atoms with Crippen molar-refractivity contribution >= 4 is 37.6 Å². The molecule has 0 saturated heterocycles. The molecule has 17 heavy (non-hydrogen) atoms. The van der Waals surface area contributed by atoms with Crippen LogP contribution in [0.2, 0.25) is 0 Å². The summed E-state index contributed by atoms with van der Waals surface area (Å²) in [6.07, 6.45) is -5.90. The molecule has 8 heteroatoms. The lowest BCUT2D eigenvalue weighted by Crippen LogP contribution is -2.44. The van der Waals surface area contributed by atoms with E-state index < -0.39 is 23.4 Å². The lowest BCUT2D eigenvalue weighted by atomic mass is 10.1. The summed E-state index contributed by atoms with van der Waals surface area (Å²) in [7, 11) is 0. The Labute approximate surface area is 109 Å². The van der Waals surface area contributed by atoms with Crippen molar-refractivity contribution in [1.82, 2.24) is 0 Å². The average molecular weight is 382 g/mol. The van der Waals surface area contributed by atoms with E-state index in [2.05, 4.69) is 31.9 Å². The zero-order valence-corrected chi connectivity index (χ0v) is 11.0. The van der Waals surface area contributed by atoms with Crippen LogP contribution in [0.1, 0.15) is 10.4 Å². The predicted molar refractivity (Wildman–Crippen MR) is 57.2 cm³/mol. The molecule has 0 bridgehead atoms. The van der Waals surface area contributed by atoms with Gasteiger partial charge in [-0.25, -0.2) is 0 Å². The Morgan fingerprint density at radius 1 is 1.00 bits per heavy atom. The Hall–Kier alpha value is -0.500. The molecule has 0 saturated carbocycles. The van der Waals surface area contributed by atoms with Gasteiger partial charge in [0.15, 0.2) is 0 Å². The molecule has 0 N–H and O–H groups in total. The lowest BCUT2D eigenvalue weighted by molar-refractivity contribution is -0.255. The monoisotopic (exact) mass is 380 g/mol. The minimum absolute atomic E-state index is 0.210. The van der Waals surface area contributed by atoms with Crippen LogP contribution in [-0.2, 0) is 0 Å². The van der Waals surface area contributed by atoms with Crippen molar-refractivity contribution in [3.05, 3.63) is 32.7 Å². The van der Waals surface area contributed by atoms with Crippen LogP contribution in [0.5, 0.6) is 0 Å². The van der Waals surface area contributed by atoms with Crippen molar-refractivity contribution in [1.29, 1.82) is 0 Å². The summed E-state index contributed by atoms with van der Waals surface area (Å²) in [6, 6.07) is 2.98. The number of halogens is 7. The van der Waals surface area contributed by atoms with Gasteiger partial charge in [-0.3, -0.25) is 4.79 Å². The Kier molecular flexibility index (Phi) is 3.97. The molecule has 1 aromatic rings. The second kappa shape index (κ2) is 4.64. The summed E-state index contributed by atoms with van der Waals surface area (Å²) in [6.45, 7) is 0. The van der Waals surface area contributed by atoms with Crippen LogP contribution >= 0.6 is 31.9 Å². The van der Waals surface area contributed by atoms with E-state index >= 15 is 0 Å². The minimum Gasteiger partial charge on any atom is -0.287 e. The maximum atomic E-state index is 12.7. The smallest absolute Gasteiger partial charge is 0.287 e. The van der Waals surface area contributed by atoms with Gasteiger partial charge in [0.05, 0.1) is 0 Å². The fourth-order valence-electron chi connectivity index (χ4n) is 0.947. The number of Topliss-reactive ketones (excluding diaryl/α,β-unsaturated/α-hetero) is 1. The molecule has 0 aliphatic rings. The zero-order valence-electron chi connectivity index (χ0n) is 7.79. The topological polar surface area (TPSA) is 17.1 Å². The van der Waals surface area contributed by atoms with E-state index in [0.29, 0.717) is 4.47 Å². The van der Waals surface area contributed by atoms with E-state index in [9.17, 15) is 26.7 Å². The molecule has 0 fully saturated rings. The van der Waals surface area contributed by atoms with E-state index in [0.717, 1.165) is 12.1 Å². The van der Waals surface area contributed by atoms with Crippen molar-refractivity contribution in [2.24, 2.45) is 0 Å². The molecule has 0 amide bonds. The molecule has 0 aliphatic carbocycles. The van der Waals surface area contributed by atoms with Crippen molar-refractivity contribution in [2.75, 3.05) is 0 Å². The van der Waals surface area contributed by atoms with Crippen LogP contribution in [0.3, 0.4) is 0 Å². The molecule has 94 valence electrons. The highest BCUT2D eigenvalue weighted by Gasteiger charge is 2.63. The number of benzene rings is 1. The van der Waals surface area contributed by atoms with Crippen LogP contribution in [0.25, 0.3) is 0 Å². The zero-order chi connectivity index (χ0) is 13.4. The van der Waals surface area contributed by atoms with Crippen molar-refractivity contribution < 1.29 is 26.7 Å². The van der Waals surface area contributed by atoms with Gasteiger partial charge in [0.25, 0.3) is 0 Å². The van der Waals surface area contributed by atoms with Gasteiger partial charge in [-0.2, -0.15) is 22.0 Å². The highest BCUT2D eigenvalue weighted by atomic mass is 79.9. The minimum atomic E-state index is -5.90. The number of hydrogen-bond acceptors (Lipinski definition) is 1. The second-order valence-electron chi connectivity index (χ2n) is 3.03. The first-order chi connectivity index (χ1) is 7.57. The Balaban J connectivity index is 3.17. The molecule has 0 radical (unpaired) electrons. The molecule has 0 spiro atoms. The van der Waals surface area contributed by atoms with E-state index in [1.165, 1.54) is 6.07 Å². The van der Waals surface area contributed by atoms with Gasteiger partial charge in [-0.05, 0) is 50.1 Å². The molecule has 1 aromatic carbocycles. The summed E-state index contributed by atoms with van der Waals surface area (Å²) in [4.78, 5) is 11.1. The molecule has 1 rings (SSSR count). The molecular formula is C9H3Br2F5O. The Morgan fingerprint density at radius 2 is 1.53 bits per heavy atom. The third-order valence-corrected chi connectivity index (χ3v) is 3.70. The maximum Gasteiger partial charge on any atom is 0.461 e. The number of ketones is 1. The van der Waals surface area contributed by atoms with Crippen LogP contribution in [0, 0.1) is 0 Å². The first-order valence-electron chi connectivity index (χ1n) is 4.02. The first kappa shape index (κ1) is 14.6. The SMILES string of the molecule is O=C(c1ccc(Br)c(Br)c1)C(F)(F)C(F)(F)F. The van der Waals surface area contributed by atoms with Gasteiger partial charge in [0.2, 0.25) is 5.78 Å². The summed E-state index contributed by atoms with van der Waals surface area (Å²) in [5.41, 5.74) is -0.720. The second-order valence-corrected chi connectivity index (χ2v) is 4.74. The summed E-state index contributed by atoms with van der Waals surface area (Å²) in [5.74, 6) is -7.67. The number of carbonyl (C=O) groups is 1. The summed E-state index contributed by atoms with van der Waals surface area (Å²) in [5, 5.41) is 0. The predicted octanol–water partition coefficient (Wildman–Crippen LogP) is 4.59. The van der Waals surface area contributed by atoms with Gasteiger partial charge < -0.3 is 0 Å². The highest BCUT2D eigenvalue weighted by molar-refractivity contribution is 9.13. The standard InChI is InChI=1S/C9H3Br2F5O/c10-5-2-1-4(3-6(5)11)7(17)8(12,13)9(14,15)16/h1-3H. The quantitative estimate of drug-likeness (QED) is 0.540. The third-order valence-electron chi connectivity index (χ3n) is 1.82. The first-order valence-corrected chi connectivity index (χ1v) is 5.60. The van der Waals surface area contributed by atoms with E-state index in [1.54, 1.807) is 0 Å². The van der Waals surface area contributed by atoms with Crippen molar-refractivity contribution in [3.63, 3.8) is 0 Å². The fourth-order valence-corrected chi connectivity index (χ4v) is 1.57. The van der Waals surface area contributed by atoms with Crippen LogP contribution in [0.4, 0.5) is 22.0 Å². The van der Waals surface area contributed by atoms with E-state index in [4.69, 9.17) is 0 Å². The molecule has 0 aliphatic heterocycles. The molecule has 0 heterocycles. The maximum absolute atomic E-state index is 12.7. The van der Waals surface area contributed by atoms with Crippen molar-refractivity contribution in [3.8, 4) is 0 Å². The average Bonchev–Trinajstić information content (AvgIpc) is 2.19. The highest BCUT2D eigenvalue weighted by Crippen LogP contribution is 2.38. The van der Waals surface area contributed by atoms with Gasteiger partial charge in [0.1, 0.15) is 0 Å². The molecule has 1 nitrogen and oxygen atoms in total. The molecular weight excluding hydrogens is 379 g/mol. The molecule has 0 atom stereocenters. The van der Waals surface area contributed by atoms with E-state index in [1.807, 2.05) is 0 Å².